The standard InChI is InChI=1S/C14H11F2NO3S/c1-7-6-21-12(14(19)20-2)11(7)17-13(18)8-4-3-5-9(15)10(8)16/h3-6H,1-2H3,(H,17,18). The average Bonchev–Trinajstić information content (AvgIpc) is 2.82. The van der Waals surface area contributed by atoms with E-state index in [0.717, 1.165) is 23.5 Å². The van der Waals surface area contributed by atoms with Gasteiger partial charge in [0.2, 0.25) is 0 Å². The van der Waals surface area contributed by atoms with Gasteiger partial charge >= 0.3 is 5.97 Å². The van der Waals surface area contributed by atoms with Crippen LogP contribution >= 0.6 is 11.3 Å². The van der Waals surface area contributed by atoms with Gasteiger partial charge in [-0.3, -0.25) is 4.79 Å². The number of hydrogen-bond donors (Lipinski definition) is 1. The number of rotatable bonds is 3. The molecular weight excluding hydrogens is 300 g/mol. The van der Waals surface area contributed by atoms with Crippen molar-refractivity contribution in [3.63, 3.8) is 0 Å². The molecule has 0 radical (unpaired) electrons. The van der Waals surface area contributed by atoms with Crippen molar-refractivity contribution in [1.82, 2.24) is 0 Å². The first kappa shape index (κ1) is 15.1. The van der Waals surface area contributed by atoms with Gasteiger partial charge in [0, 0.05) is 0 Å². The highest BCUT2D eigenvalue weighted by molar-refractivity contribution is 7.12. The summed E-state index contributed by atoms with van der Waals surface area (Å²) in [5.74, 6) is -3.79. The lowest BCUT2D eigenvalue weighted by Crippen LogP contribution is -2.16. The second-order valence-electron chi connectivity index (χ2n) is 4.17. The SMILES string of the molecule is COC(=O)c1scc(C)c1NC(=O)c1cccc(F)c1F. The first-order valence-electron chi connectivity index (χ1n) is 5.87. The number of thiophene rings is 1. The van der Waals surface area contributed by atoms with E-state index in [1.54, 1.807) is 12.3 Å². The first-order valence-corrected chi connectivity index (χ1v) is 6.75. The van der Waals surface area contributed by atoms with Crippen molar-refractivity contribution in [2.45, 2.75) is 6.92 Å². The summed E-state index contributed by atoms with van der Waals surface area (Å²) in [5, 5.41) is 4.08. The van der Waals surface area contributed by atoms with E-state index in [1.807, 2.05) is 0 Å². The van der Waals surface area contributed by atoms with Gasteiger partial charge in [-0.15, -0.1) is 11.3 Å². The summed E-state index contributed by atoms with van der Waals surface area (Å²) < 4.78 is 31.3. The minimum atomic E-state index is -1.23. The van der Waals surface area contributed by atoms with E-state index in [-0.39, 0.29) is 10.6 Å². The van der Waals surface area contributed by atoms with E-state index < -0.39 is 29.1 Å². The molecule has 1 heterocycles. The molecule has 2 aromatic rings. The normalized spacial score (nSPS) is 10.3. The van der Waals surface area contributed by atoms with E-state index >= 15 is 0 Å². The van der Waals surface area contributed by atoms with Crippen LogP contribution in [0.3, 0.4) is 0 Å². The van der Waals surface area contributed by atoms with Crippen molar-refractivity contribution in [2.75, 3.05) is 12.4 Å². The lowest BCUT2D eigenvalue weighted by molar-refractivity contribution is 0.0607. The van der Waals surface area contributed by atoms with Crippen LogP contribution in [0.25, 0.3) is 0 Å². The quantitative estimate of drug-likeness (QED) is 0.884. The van der Waals surface area contributed by atoms with Crippen LogP contribution in [0.2, 0.25) is 0 Å². The number of halogens is 2. The topological polar surface area (TPSA) is 55.4 Å². The third-order valence-electron chi connectivity index (χ3n) is 2.78. The van der Waals surface area contributed by atoms with Gasteiger partial charge in [0.05, 0.1) is 18.4 Å². The number of ether oxygens (including phenoxy) is 1. The highest BCUT2D eigenvalue weighted by Gasteiger charge is 2.21. The van der Waals surface area contributed by atoms with Crippen LogP contribution in [0, 0.1) is 18.6 Å². The van der Waals surface area contributed by atoms with Crippen molar-refractivity contribution in [2.24, 2.45) is 0 Å². The molecular formula is C14H11F2NO3S. The summed E-state index contributed by atoms with van der Waals surface area (Å²) in [6, 6.07) is 3.31. The minimum absolute atomic E-state index is 0.195. The molecule has 21 heavy (non-hydrogen) atoms. The number of methoxy groups -OCH3 is 1. The van der Waals surface area contributed by atoms with Gasteiger partial charge in [0.25, 0.3) is 5.91 Å². The van der Waals surface area contributed by atoms with E-state index in [4.69, 9.17) is 0 Å². The largest absolute Gasteiger partial charge is 0.465 e. The molecule has 0 spiro atoms. The molecule has 1 aromatic heterocycles. The predicted molar refractivity (Wildman–Crippen MR) is 74.7 cm³/mol. The Morgan fingerprint density at radius 1 is 1.29 bits per heavy atom. The summed E-state index contributed by atoms with van der Waals surface area (Å²) >= 11 is 1.10. The Kier molecular flexibility index (Phi) is 4.32. The van der Waals surface area contributed by atoms with E-state index in [9.17, 15) is 18.4 Å². The average molecular weight is 311 g/mol. The maximum Gasteiger partial charge on any atom is 0.350 e. The van der Waals surface area contributed by atoms with Crippen molar-refractivity contribution in [3.8, 4) is 0 Å². The molecule has 1 N–H and O–H groups in total. The van der Waals surface area contributed by atoms with E-state index in [0.29, 0.717) is 5.56 Å². The molecule has 110 valence electrons. The fourth-order valence-electron chi connectivity index (χ4n) is 1.70. The van der Waals surface area contributed by atoms with Gasteiger partial charge in [-0.2, -0.15) is 0 Å². The third kappa shape index (κ3) is 2.92. The van der Waals surface area contributed by atoms with E-state index in [2.05, 4.69) is 10.1 Å². The number of carbonyl (C=O) groups excluding carboxylic acids is 2. The lowest BCUT2D eigenvalue weighted by Gasteiger charge is -2.08. The van der Waals surface area contributed by atoms with Gasteiger partial charge in [-0.05, 0) is 30.0 Å². The molecule has 0 fully saturated rings. The number of carbonyl (C=O) groups is 2. The maximum absolute atomic E-state index is 13.6. The van der Waals surface area contributed by atoms with Crippen molar-refractivity contribution in [3.05, 3.63) is 51.2 Å². The van der Waals surface area contributed by atoms with Crippen LogP contribution in [0.4, 0.5) is 14.5 Å². The molecule has 0 bridgehead atoms. The number of hydrogen-bond acceptors (Lipinski definition) is 4. The van der Waals surface area contributed by atoms with Crippen LogP contribution in [0.15, 0.2) is 23.6 Å². The molecule has 0 aliphatic carbocycles. The molecule has 1 amide bonds. The molecule has 4 nitrogen and oxygen atoms in total. The molecule has 0 aliphatic rings. The number of esters is 1. The molecule has 0 atom stereocenters. The van der Waals surface area contributed by atoms with Crippen molar-refractivity contribution in [1.29, 1.82) is 0 Å². The summed E-state index contributed by atoms with van der Waals surface area (Å²) in [6.07, 6.45) is 0. The summed E-state index contributed by atoms with van der Waals surface area (Å²) in [4.78, 5) is 23.8. The Hall–Kier alpha value is -2.28. The Morgan fingerprint density at radius 3 is 2.67 bits per heavy atom. The zero-order chi connectivity index (χ0) is 15.6. The molecule has 2 rings (SSSR count). The van der Waals surface area contributed by atoms with Crippen molar-refractivity contribution < 1.29 is 23.1 Å². The monoisotopic (exact) mass is 311 g/mol. The van der Waals surface area contributed by atoms with Crippen LogP contribution in [-0.4, -0.2) is 19.0 Å². The number of anilines is 1. The highest BCUT2D eigenvalue weighted by atomic mass is 32.1. The highest BCUT2D eigenvalue weighted by Crippen LogP contribution is 2.29. The number of nitrogens with one attached hydrogen (secondary N) is 1. The summed E-state index contributed by atoms with van der Waals surface area (Å²) in [7, 11) is 1.22. The lowest BCUT2D eigenvalue weighted by atomic mass is 10.1. The first-order chi connectivity index (χ1) is 9.95. The predicted octanol–water partition coefficient (Wildman–Crippen LogP) is 3.37. The Bertz CT molecular complexity index is 712. The van der Waals surface area contributed by atoms with Crippen LogP contribution < -0.4 is 5.32 Å². The van der Waals surface area contributed by atoms with E-state index in [1.165, 1.54) is 13.2 Å². The van der Waals surface area contributed by atoms with Crippen molar-refractivity contribution >= 4 is 28.9 Å². The molecule has 1 aromatic carbocycles. The fourth-order valence-corrected chi connectivity index (χ4v) is 2.62. The molecule has 0 saturated carbocycles. The number of aryl methyl sites for hydroxylation is 1. The maximum atomic E-state index is 13.6. The fraction of sp³-hybridized carbons (Fsp3) is 0.143. The molecule has 0 saturated heterocycles. The molecule has 0 unspecified atom stereocenters. The van der Waals surface area contributed by atoms with Gasteiger partial charge < -0.3 is 10.1 Å². The second kappa shape index (κ2) is 6.01. The third-order valence-corrected chi connectivity index (χ3v) is 3.86. The number of benzene rings is 1. The smallest absolute Gasteiger partial charge is 0.350 e. The Morgan fingerprint density at radius 2 is 2.00 bits per heavy atom. The molecule has 7 heteroatoms. The zero-order valence-electron chi connectivity index (χ0n) is 11.2. The molecule has 0 aliphatic heterocycles. The van der Waals surface area contributed by atoms with Crippen LogP contribution in [-0.2, 0) is 4.74 Å². The Labute approximate surface area is 123 Å². The van der Waals surface area contributed by atoms with Gasteiger partial charge in [-0.25, -0.2) is 13.6 Å². The summed E-state index contributed by atoms with van der Waals surface area (Å²) in [5.41, 5.74) is 0.433. The van der Waals surface area contributed by atoms with Crippen LogP contribution in [0.5, 0.6) is 0 Å². The van der Waals surface area contributed by atoms with Gasteiger partial charge in [0.15, 0.2) is 11.6 Å². The van der Waals surface area contributed by atoms with Gasteiger partial charge in [-0.1, -0.05) is 6.07 Å². The number of amides is 1. The summed E-state index contributed by atoms with van der Waals surface area (Å²) in [6.45, 7) is 1.68. The Balaban J connectivity index is 2.34. The van der Waals surface area contributed by atoms with Gasteiger partial charge in [0.1, 0.15) is 4.88 Å². The minimum Gasteiger partial charge on any atom is -0.465 e. The second-order valence-corrected chi connectivity index (χ2v) is 5.05. The van der Waals surface area contributed by atoms with Crippen LogP contribution in [0.1, 0.15) is 25.6 Å². The zero-order valence-corrected chi connectivity index (χ0v) is 12.0.